The number of aryl methyl sites for hydroxylation is 1. The first-order chi connectivity index (χ1) is 7.00. The first-order valence-electron chi connectivity index (χ1n) is 4.91. The number of carbonyl (C=O) groups is 1. The van der Waals surface area contributed by atoms with Gasteiger partial charge in [0.05, 0.1) is 12.8 Å². The van der Waals surface area contributed by atoms with E-state index in [1.807, 2.05) is 13.8 Å². The molecular formula is C10H17N3O2. The number of nitrogens with two attached hydrogens (primary N) is 1. The molecular weight excluding hydrogens is 194 g/mol. The minimum Gasteiger partial charge on any atom is -0.464 e. The van der Waals surface area contributed by atoms with Crippen LogP contribution in [0.2, 0.25) is 0 Å². The number of rotatable bonds is 4. The molecule has 0 saturated heterocycles. The van der Waals surface area contributed by atoms with E-state index in [2.05, 4.69) is 5.10 Å². The SMILES string of the molecule is CC(C)COC(=O)C(N)c1cnn(C)c1. The first-order valence-corrected chi connectivity index (χ1v) is 4.91. The summed E-state index contributed by atoms with van der Waals surface area (Å²) < 4.78 is 6.63. The lowest BCUT2D eigenvalue weighted by atomic mass is 10.2. The van der Waals surface area contributed by atoms with Gasteiger partial charge in [-0.15, -0.1) is 0 Å². The van der Waals surface area contributed by atoms with Crippen LogP contribution in [0.15, 0.2) is 12.4 Å². The summed E-state index contributed by atoms with van der Waals surface area (Å²) in [6.45, 7) is 4.35. The Hall–Kier alpha value is -1.36. The predicted octanol–water partition coefficient (Wildman–Crippen LogP) is 0.619. The highest BCUT2D eigenvalue weighted by molar-refractivity contribution is 5.77. The number of aromatic nitrogens is 2. The summed E-state index contributed by atoms with van der Waals surface area (Å²) in [5.74, 6) is -0.0910. The van der Waals surface area contributed by atoms with Crippen LogP contribution in [0.5, 0.6) is 0 Å². The average molecular weight is 211 g/mol. The second-order valence-electron chi connectivity index (χ2n) is 3.95. The number of hydrogen-bond donors (Lipinski definition) is 1. The van der Waals surface area contributed by atoms with Crippen molar-refractivity contribution in [2.24, 2.45) is 18.7 Å². The first kappa shape index (κ1) is 11.7. The molecule has 1 unspecified atom stereocenters. The molecule has 0 saturated carbocycles. The highest BCUT2D eigenvalue weighted by Crippen LogP contribution is 2.10. The minimum absolute atomic E-state index is 0.315. The zero-order valence-electron chi connectivity index (χ0n) is 9.30. The van der Waals surface area contributed by atoms with Crippen molar-refractivity contribution in [2.45, 2.75) is 19.9 Å². The van der Waals surface area contributed by atoms with E-state index in [0.29, 0.717) is 18.1 Å². The summed E-state index contributed by atoms with van der Waals surface area (Å²) in [6.07, 6.45) is 3.28. The molecule has 0 bridgehead atoms. The molecule has 0 aliphatic rings. The van der Waals surface area contributed by atoms with Crippen molar-refractivity contribution in [1.29, 1.82) is 0 Å². The van der Waals surface area contributed by atoms with Crippen LogP contribution in [-0.2, 0) is 16.6 Å². The summed E-state index contributed by atoms with van der Waals surface area (Å²) >= 11 is 0. The normalized spacial score (nSPS) is 12.9. The Morgan fingerprint density at radius 1 is 1.67 bits per heavy atom. The second kappa shape index (κ2) is 4.93. The smallest absolute Gasteiger partial charge is 0.327 e. The van der Waals surface area contributed by atoms with E-state index in [0.717, 1.165) is 0 Å². The Labute approximate surface area is 89.2 Å². The predicted molar refractivity (Wildman–Crippen MR) is 55.9 cm³/mol. The van der Waals surface area contributed by atoms with Crippen LogP contribution in [0.1, 0.15) is 25.5 Å². The largest absolute Gasteiger partial charge is 0.464 e. The summed E-state index contributed by atoms with van der Waals surface area (Å²) in [5.41, 5.74) is 6.38. The minimum atomic E-state index is -0.738. The van der Waals surface area contributed by atoms with Gasteiger partial charge in [-0.05, 0) is 5.92 Å². The maximum absolute atomic E-state index is 11.5. The van der Waals surface area contributed by atoms with Crippen molar-refractivity contribution in [3.8, 4) is 0 Å². The zero-order chi connectivity index (χ0) is 11.4. The van der Waals surface area contributed by atoms with Gasteiger partial charge in [0.1, 0.15) is 6.04 Å². The van der Waals surface area contributed by atoms with Gasteiger partial charge in [-0.3, -0.25) is 4.68 Å². The fourth-order valence-electron chi connectivity index (χ4n) is 1.08. The molecule has 5 nitrogen and oxygen atoms in total. The van der Waals surface area contributed by atoms with Crippen molar-refractivity contribution in [3.63, 3.8) is 0 Å². The van der Waals surface area contributed by atoms with Crippen LogP contribution >= 0.6 is 0 Å². The lowest BCUT2D eigenvalue weighted by Gasteiger charge is -2.11. The Balaban J connectivity index is 2.53. The van der Waals surface area contributed by atoms with Crippen LogP contribution in [-0.4, -0.2) is 22.4 Å². The molecule has 84 valence electrons. The molecule has 0 radical (unpaired) electrons. The quantitative estimate of drug-likeness (QED) is 0.741. The maximum atomic E-state index is 11.5. The molecule has 1 aromatic rings. The number of nitrogens with zero attached hydrogens (tertiary/aromatic N) is 2. The van der Waals surface area contributed by atoms with Crippen molar-refractivity contribution in [1.82, 2.24) is 9.78 Å². The van der Waals surface area contributed by atoms with Gasteiger partial charge in [-0.25, -0.2) is 4.79 Å². The second-order valence-corrected chi connectivity index (χ2v) is 3.95. The van der Waals surface area contributed by atoms with Crippen molar-refractivity contribution < 1.29 is 9.53 Å². The van der Waals surface area contributed by atoms with Gasteiger partial charge in [-0.2, -0.15) is 5.10 Å². The van der Waals surface area contributed by atoms with E-state index in [1.165, 1.54) is 0 Å². The molecule has 1 atom stereocenters. The molecule has 0 aliphatic heterocycles. The molecule has 0 amide bonds. The van der Waals surface area contributed by atoms with Gasteiger partial charge in [-0.1, -0.05) is 13.8 Å². The van der Waals surface area contributed by atoms with E-state index in [1.54, 1.807) is 24.1 Å². The molecule has 0 spiro atoms. The van der Waals surface area contributed by atoms with Crippen LogP contribution < -0.4 is 5.73 Å². The molecule has 1 rings (SSSR count). The third kappa shape index (κ3) is 3.36. The van der Waals surface area contributed by atoms with Gasteiger partial charge in [0.25, 0.3) is 0 Å². The van der Waals surface area contributed by atoms with Crippen molar-refractivity contribution in [3.05, 3.63) is 18.0 Å². The van der Waals surface area contributed by atoms with Gasteiger partial charge < -0.3 is 10.5 Å². The van der Waals surface area contributed by atoms with Gasteiger partial charge in [0.2, 0.25) is 0 Å². The zero-order valence-corrected chi connectivity index (χ0v) is 9.30. The Morgan fingerprint density at radius 3 is 2.80 bits per heavy atom. The standard InChI is InChI=1S/C10H17N3O2/c1-7(2)6-15-10(14)9(11)8-4-12-13(3)5-8/h4-5,7,9H,6,11H2,1-3H3. The molecule has 5 heteroatoms. The highest BCUT2D eigenvalue weighted by Gasteiger charge is 2.18. The lowest BCUT2D eigenvalue weighted by Crippen LogP contribution is -2.24. The van der Waals surface area contributed by atoms with E-state index < -0.39 is 12.0 Å². The van der Waals surface area contributed by atoms with E-state index in [9.17, 15) is 4.79 Å². The van der Waals surface area contributed by atoms with E-state index in [4.69, 9.17) is 10.5 Å². The maximum Gasteiger partial charge on any atom is 0.327 e. The average Bonchev–Trinajstić information content (AvgIpc) is 2.60. The topological polar surface area (TPSA) is 70.1 Å². The third-order valence-corrected chi connectivity index (χ3v) is 1.90. The highest BCUT2D eigenvalue weighted by atomic mass is 16.5. The fraction of sp³-hybridized carbons (Fsp3) is 0.600. The van der Waals surface area contributed by atoms with Crippen LogP contribution in [0.4, 0.5) is 0 Å². The van der Waals surface area contributed by atoms with Crippen LogP contribution in [0.25, 0.3) is 0 Å². The summed E-state index contributed by atoms with van der Waals surface area (Å²) in [6, 6.07) is -0.738. The lowest BCUT2D eigenvalue weighted by molar-refractivity contribution is -0.146. The number of ether oxygens (including phenoxy) is 1. The molecule has 1 heterocycles. The molecule has 0 aromatic carbocycles. The molecule has 2 N–H and O–H groups in total. The van der Waals surface area contributed by atoms with Gasteiger partial charge in [0, 0.05) is 18.8 Å². The Morgan fingerprint density at radius 2 is 2.33 bits per heavy atom. The van der Waals surface area contributed by atoms with E-state index in [-0.39, 0.29) is 0 Å². The molecule has 0 fully saturated rings. The number of carbonyl (C=O) groups excluding carboxylic acids is 1. The molecule has 0 aliphatic carbocycles. The monoisotopic (exact) mass is 211 g/mol. The molecule has 15 heavy (non-hydrogen) atoms. The Bertz CT molecular complexity index is 333. The van der Waals surface area contributed by atoms with Crippen molar-refractivity contribution in [2.75, 3.05) is 6.61 Å². The number of hydrogen-bond acceptors (Lipinski definition) is 4. The third-order valence-electron chi connectivity index (χ3n) is 1.90. The van der Waals surface area contributed by atoms with Crippen LogP contribution in [0, 0.1) is 5.92 Å². The number of esters is 1. The van der Waals surface area contributed by atoms with Crippen molar-refractivity contribution >= 4 is 5.97 Å². The van der Waals surface area contributed by atoms with Crippen LogP contribution in [0.3, 0.4) is 0 Å². The Kier molecular flexibility index (Phi) is 3.85. The van der Waals surface area contributed by atoms with E-state index >= 15 is 0 Å². The summed E-state index contributed by atoms with van der Waals surface area (Å²) in [7, 11) is 1.77. The van der Waals surface area contributed by atoms with Gasteiger partial charge >= 0.3 is 5.97 Å². The van der Waals surface area contributed by atoms with Gasteiger partial charge in [0.15, 0.2) is 0 Å². The summed E-state index contributed by atoms with van der Waals surface area (Å²) in [4.78, 5) is 11.5. The fourth-order valence-corrected chi connectivity index (χ4v) is 1.08. The summed E-state index contributed by atoms with van der Waals surface area (Å²) in [5, 5.41) is 3.94. The molecule has 1 aromatic heterocycles.